The van der Waals surface area contributed by atoms with Gasteiger partial charge in [0.15, 0.2) is 0 Å². The van der Waals surface area contributed by atoms with Crippen molar-refractivity contribution >= 4 is 31.6 Å². The van der Waals surface area contributed by atoms with Crippen LogP contribution < -0.4 is 19.1 Å². The molecule has 1 N–H and O–H groups in total. The minimum absolute atomic E-state index is 0.0702. The van der Waals surface area contributed by atoms with Gasteiger partial charge in [0.05, 0.1) is 29.1 Å². The van der Waals surface area contributed by atoms with Gasteiger partial charge in [-0.3, -0.25) is 9.10 Å². The van der Waals surface area contributed by atoms with E-state index >= 15 is 0 Å². The average Bonchev–Trinajstić information content (AvgIpc) is 2.99. The molecule has 1 aliphatic rings. The van der Waals surface area contributed by atoms with Gasteiger partial charge in [-0.15, -0.1) is 0 Å². The van der Waals surface area contributed by atoms with Gasteiger partial charge in [-0.05, 0) is 80.4 Å². The number of rotatable bonds is 12. The van der Waals surface area contributed by atoms with E-state index in [1.807, 2.05) is 6.92 Å². The molecule has 10 nitrogen and oxygen atoms in total. The minimum Gasteiger partial charge on any atom is -0.497 e. The van der Waals surface area contributed by atoms with Crippen LogP contribution >= 0.6 is 0 Å². The van der Waals surface area contributed by atoms with Gasteiger partial charge in [-0.25, -0.2) is 16.8 Å². The molecule has 1 fully saturated rings. The van der Waals surface area contributed by atoms with Crippen LogP contribution in [0.15, 0.2) is 82.6 Å². The zero-order valence-electron chi connectivity index (χ0n) is 23.2. The number of sulfonamides is 2. The standard InChI is InChI=1S/C29H35N3O7S2/c1-23-6-14-28(15-7-23)41(36,37)32(24-8-10-25(38-2)11-9-24)22-29(33)30-18-21-39-26-12-16-27(17-13-26)40(34,35)31-19-4-3-5-20-31/h6-17H,3-5,18-22H2,1-2H3,(H,30,33). The van der Waals surface area contributed by atoms with E-state index in [2.05, 4.69) is 5.32 Å². The Bertz CT molecular complexity index is 1520. The maximum absolute atomic E-state index is 13.5. The SMILES string of the molecule is COc1ccc(N(CC(=O)NCCOc2ccc(S(=O)(=O)N3CCCCC3)cc2)S(=O)(=O)c2ccc(C)cc2)cc1. The first-order valence-corrected chi connectivity index (χ1v) is 16.2. The van der Waals surface area contributed by atoms with Crippen LogP contribution in [0.1, 0.15) is 24.8 Å². The number of carbonyl (C=O) groups is 1. The Morgan fingerprint density at radius 2 is 1.41 bits per heavy atom. The van der Waals surface area contributed by atoms with E-state index < -0.39 is 32.5 Å². The third kappa shape index (κ3) is 7.57. The van der Waals surface area contributed by atoms with Crippen LogP contribution in [0.4, 0.5) is 5.69 Å². The molecule has 3 aromatic rings. The van der Waals surface area contributed by atoms with Crippen molar-refractivity contribution in [3.05, 3.63) is 78.4 Å². The van der Waals surface area contributed by atoms with Crippen LogP contribution in [0.5, 0.6) is 11.5 Å². The number of methoxy groups -OCH3 is 1. The predicted molar refractivity (Wildman–Crippen MR) is 156 cm³/mol. The topological polar surface area (TPSA) is 122 Å². The molecule has 1 amide bonds. The van der Waals surface area contributed by atoms with Crippen LogP contribution in [-0.2, 0) is 24.8 Å². The summed E-state index contributed by atoms with van der Waals surface area (Å²) in [4.78, 5) is 13.1. The van der Waals surface area contributed by atoms with Gasteiger partial charge < -0.3 is 14.8 Å². The van der Waals surface area contributed by atoms with E-state index in [1.165, 1.54) is 35.7 Å². The lowest BCUT2D eigenvalue weighted by atomic mass is 10.2. The number of hydrogen-bond donors (Lipinski definition) is 1. The number of hydrogen-bond acceptors (Lipinski definition) is 7. The lowest BCUT2D eigenvalue weighted by Gasteiger charge is -2.25. The first-order chi connectivity index (χ1) is 19.6. The molecule has 1 heterocycles. The maximum Gasteiger partial charge on any atom is 0.264 e. The molecule has 0 radical (unpaired) electrons. The van der Waals surface area contributed by atoms with Gasteiger partial charge in [0, 0.05) is 13.1 Å². The highest BCUT2D eigenvalue weighted by Crippen LogP contribution is 2.26. The molecule has 4 rings (SSSR count). The van der Waals surface area contributed by atoms with Gasteiger partial charge in [0.1, 0.15) is 24.7 Å². The quantitative estimate of drug-likeness (QED) is 0.315. The second-order valence-corrected chi connectivity index (χ2v) is 13.5. The van der Waals surface area contributed by atoms with Crippen LogP contribution in [0.2, 0.25) is 0 Å². The number of ether oxygens (including phenoxy) is 2. The molecular formula is C29H35N3O7S2. The highest BCUT2D eigenvalue weighted by atomic mass is 32.2. The van der Waals surface area contributed by atoms with Crippen molar-refractivity contribution in [2.45, 2.75) is 36.0 Å². The number of benzene rings is 3. The fourth-order valence-corrected chi connectivity index (χ4v) is 7.35. The lowest BCUT2D eigenvalue weighted by Crippen LogP contribution is -2.41. The average molecular weight is 602 g/mol. The highest BCUT2D eigenvalue weighted by molar-refractivity contribution is 7.92. The molecule has 0 spiro atoms. The summed E-state index contributed by atoms with van der Waals surface area (Å²) < 4.78 is 66.0. The molecule has 0 bridgehead atoms. The van der Waals surface area contributed by atoms with Gasteiger partial charge in [-0.1, -0.05) is 24.1 Å². The Balaban J connectivity index is 1.36. The van der Waals surface area contributed by atoms with Crippen molar-refractivity contribution in [2.75, 3.05) is 44.2 Å². The summed E-state index contributed by atoms with van der Waals surface area (Å²) in [5, 5.41) is 2.69. The molecule has 3 aromatic carbocycles. The van der Waals surface area contributed by atoms with Crippen molar-refractivity contribution in [3.8, 4) is 11.5 Å². The molecule has 41 heavy (non-hydrogen) atoms. The summed E-state index contributed by atoms with van der Waals surface area (Å²) in [7, 11) is -6.05. The zero-order valence-corrected chi connectivity index (χ0v) is 24.8. The maximum atomic E-state index is 13.5. The fourth-order valence-electron chi connectivity index (χ4n) is 4.41. The Hall–Kier alpha value is -3.61. The van der Waals surface area contributed by atoms with E-state index in [0.717, 1.165) is 29.1 Å². The van der Waals surface area contributed by atoms with Crippen molar-refractivity contribution in [1.82, 2.24) is 9.62 Å². The smallest absolute Gasteiger partial charge is 0.264 e. The summed E-state index contributed by atoms with van der Waals surface area (Å²) in [6.07, 6.45) is 2.77. The van der Waals surface area contributed by atoms with E-state index in [1.54, 1.807) is 48.5 Å². The largest absolute Gasteiger partial charge is 0.497 e. The molecule has 0 aliphatic carbocycles. The Morgan fingerprint density at radius 3 is 2.02 bits per heavy atom. The number of piperidine rings is 1. The molecule has 0 saturated carbocycles. The lowest BCUT2D eigenvalue weighted by molar-refractivity contribution is -0.119. The second kappa shape index (κ2) is 13.4. The van der Waals surface area contributed by atoms with Crippen molar-refractivity contribution in [1.29, 1.82) is 0 Å². The van der Waals surface area contributed by atoms with Crippen molar-refractivity contribution < 1.29 is 31.1 Å². The first kappa shape index (κ1) is 30.4. The molecule has 0 atom stereocenters. The van der Waals surface area contributed by atoms with Crippen LogP contribution in [0.3, 0.4) is 0 Å². The molecule has 0 aromatic heterocycles. The first-order valence-electron chi connectivity index (χ1n) is 13.3. The van der Waals surface area contributed by atoms with Gasteiger partial charge in [0.25, 0.3) is 10.0 Å². The van der Waals surface area contributed by atoms with E-state index in [9.17, 15) is 21.6 Å². The summed E-state index contributed by atoms with van der Waals surface area (Å²) in [6.45, 7) is 2.71. The van der Waals surface area contributed by atoms with Gasteiger partial charge in [0.2, 0.25) is 15.9 Å². The van der Waals surface area contributed by atoms with E-state index in [-0.39, 0.29) is 22.9 Å². The molecule has 1 aliphatic heterocycles. The number of aryl methyl sites for hydroxylation is 1. The summed E-state index contributed by atoms with van der Waals surface area (Å²) in [6, 6.07) is 19.0. The molecule has 220 valence electrons. The fraction of sp³-hybridized carbons (Fsp3) is 0.345. The zero-order chi connectivity index (χ0) is 29.5. The Morgan fingerprint density at radius 1 is 0.829 bits per heavy atom. The highest BCUT2D eigenvalue weighted by Gasteiger charge is 2.28. The summed E-state index contributed by atoms with van der Waals surface area (Å²) >= 11 is 0. The third-order valence-electron chi connectivity index (χ3n) is 6.73. The predicted octanol–water partition coefficient (Wildman–Crippen LogP) is 3.57. The number of carbonyl (C=O) groups excluding carboxylic acids is 1. The second-order valence-electron chi connectivity index (χ2n) is 9.66. The van der Waals surface area contributed by atoms with E-state index in [4.69, 9.17) is 9.47 Å². The van der Waals surface area contributed by atoms with E-state index in [0.29, 0.717) is 30.3 Å². The van der Waals surface area contributed by atoms with Gasteiger partial charge >= 0.3 is 0 Å². The third-order valence-corrected chi connectivity index (χ3v) is 10.4. The summed E-state index contributed by atoms with van der Waals surface area (Å²) in [5.74, 6) is 0.502. The van der Waals surface area contributed by atoms with Crippen LogP contribution in [0.25, 0.3) is 0 Å². The van der Waals surface area contributed by atoms with Crippen molar-refractivity contribution in [2.24, 2.45) is 0 Å². The Labute approximate surface area is 242 Å². The number of anilines is 1. The normalized spacial score (nSPS) is 14.3. The minimum atomic E-state index is -4.04. The van der Waals surface area contributed by atoms with Crippen LogP contribution in [0, 0.1) is 6.92 Å². The number of amides is 1. The monoisotopic (exact) mass is 601 g/mol. The van der Waals surface area contributed by atoms with Gasteiger partial charge in [-0.2, -0.15) is 4.31 Å². The molecular weight excluding hydrogens is 566 g/mol. The number of nitrogens with one attached hydrogen (secondary N) is 1. The molecule has 12 heteroatoms. The number of nitrogens with zero attached hydrogens (tertiary/aromatic N) is 2. The Kier molecular flexibility index (Phi) is 9.90. The molecule has 0 unspecified atom stereocenters. The van der Waals surface area contributed by atoms with Crippen LogP contribution in [-0.4, -0.2) is 66.9 Å². The summed E-state index contributed by atoms with van der Waals surface area (Å²) in [5.41, 5.74) is 1.23. The van der Waals surface area contributed by atoms with Crippen molar-refractivity contribution in [3.63, 3.8) is 0 Å². The molecule has 1 saturated heterocycles.